The van der Waals surface area contributed by atoms with Crippen molar-refractivity contribution in [2.24, 2.45) is 0 Å². The van der Waals surface area contributed by atoms with Gasteiger partial charge in [-0.2, -0.15) is 0 Å². The maximum Gasteiger partial charge on any atom is 0.230 e. The molecule has 0 aromatic heterocycles. The maximum atomic E-state index is 13.2. The van der Waals surface area contributed by atoms with Crippen molar-refractivity contribution in [3.8, 4) is 0 Å². The summed E-state index contributed by atoms with van der Waals surface area (Å²) in [7, 11) is 0. The van der Waals surface area contributed by atoms with Crippen LogP contribution < -0.4 is 5.32 Å². The van der Waals surface area contributed by atoms with Crippen LogP contribution in [-0.4, -0.2) is 11.7 Å². The van der Waals surface area contributed by atoms with Crippen LogP contribution in [-0.2, 0) is 4.79 Å². The summed E-state index contributed by atoms with van der Waals surface area (Å²) in [5.74, 6) is -4.26. The lowest BCUT2D eigenvalue weighted by atomic mass is 10.1. The zero-order chi connectivity index (χ0) is 17.0. The molecule has 0 saturated heterocycles. The molecule has 1 N–H and O–H groups in total. The molecule has 23 heavy (non-hydrogen) atoms. The van der Waals surface area contributed by atoms with Crippen LogP contribution in [0.2, 0.25) is 0 Å². The molecular formula is C16H13F4NOS. The molecule has 1 amide bonds. The average molecular weight is 343 g/mol. The summed E-state index contributed by atoms with van der Waals surface area (Å²) in [4.78, 5) is 12.3. The summed E-state index contributed by atoms with van der Waals surface area (Å²) >= 11 is 1.04. The van der Waals surface area contributed by atoms with E-state index in [9.17, 15) is 22.4 Å². The molecule has 2 aromatic rings. The minimum absolute atomic E-state index is 0.0148. The minimum Gasteiger partial charge on any atom is -0.349 e. The molecule has 0 heterocycles. The van der Waals surface area contributed by atoms with Crippen molar-refractivity contribution in [2.45, 2.75) is 17.9 Å². The van der Waals surface area contributed by atoms with Crippen molar-refractivity contribution < 1.29 is 22.4 Å². The summed E-state index contributed by atoms with van der Waals surface area (Å²) in [6.07, 6.45) is 0. The number of hydrogen-bond acceptors (Lipinski definition) is 2. The van der Waals surface area contributed by atoms with E-state index in [1.54, 1.807) is 6.92 Å². The van der Waals surface area contributed by atoms with Gasteiger partial charge in [-0.3, -0.25) is 4.79 Å². The van der Waals surface area contributed by atoms with Gasteiger partial charge >= 0.3 is 0 Å². The van der Waals surface area contributed by atoms with Gasteiger partial charge in [0.25, 0.3) is 0 Å². The molecule has 1 atom stereocenters. The first-order valence-electron chi connectivity index (χ1n) is 6.69. The Bertz CT molecular complexity index is 723. The summed E-state index contributed by atoms with van der Waals surface area (Å²) in [6.45, 7) is 1.63. The predicted octanol–water partition coefficient (Wildman–Crippen LogP) is 4.21. The highest BCUT2D eigenvalue weighted by Gasteiger charge is 2.13. The van der Waals surface area contributed by atoms with Gasteiger partial charge in [-0.15, -0.1) is 11.8 Å². The molecule has 7 heteroatoms. The van der Waals surface area contributed by atoms with E-state index in [0.29, 0.717) is 10.5 Å². The molecule has 0 saturated carbocycles. The SMILES string of the molecule is CC(NC(=O)CSc1ccc(F)c(F)c1)c1ccc(F)c(F)c1. The van der Waals surface area contributed by atoms with E-state index < -0.39 is 29.3 Å². The molecule has 2 nitrogen and oxygen atoms in total. The van der Waals surface area contributed by atoms with Crippen LogP contribution in [0.25, 0.3) is 0 Å². The lowest BCUT2D eigenvalue weighted by Crippen LogP contribution is -2.28. The van der Waals surface area contributed by atoms with E-state index in [2.05, 4.69) is 5.32 Å². The van der Waals surface area contributed by atoms with E-state index in [1.807, 2.05) is 0 Å². The van der Waals surface area contributed by atoms with Gasteiger partial charge in [-0.1, -0.05) is 6.07 Å². The largest absolute Gasteiger partial charge is 0.349 e. The Morgan fingerprint density at radius 3 is 2.22 bits per heavy atom. The molecule has 1 unspecified atom stereocenters. The number of benzene rings is 2. The third-order valence-electron chi connectivity index (χ3n) is 3.08. The highest BCUT2D eigenvalue weighted by molar-refractivity contribution is 8.00. The van der Waals surface area contributed by atoms with Crippen molar-refractivity contribution in [3.63, 3.8) is 0 Å². The second-order valence-electron chi connectivity index (χ2n) is 4.83. The number of nitrogens with one attached hydrogen (secondary N) is 1. The van der Waals surface area contributed by atoms with E-state index in [1.165, 1.54) is 12.1 Å². The smallest absolute Gasteiger partial charge is 0.230 e. The van der Waals surface area contributed by atoms with Gasteiger partial charge in [0.05, 0.1) is 11.8 Å². The summed E-state index contributed by atoms with van der Waals surface area (Å²) in [5.41, 5.74) is 0.426. The van der Waals surface area contributed by atoms with Crippen LogP contribution in [0.3, 0.4) is 0 Å². The van der Waals surface area contributed by atoms with E-state index in [4.69, 9.17) is 0 Å². The molecule has 0 aliphatic heterocycles. The molecule has 0 spiro atoms. The van der Waals surface area contributed by atoms with Gasteiger partial charge in [0.2, 0.25) is 5.91 Å². The molecule has 0 aliphatic carbocycles. The molecule has 0 radical (unpaired) electrons. The molecule has 2 aromatic carbocycles. The quantitative estimate of drug-likeness (QED) is 0.651. The number of carbonyl (C=O) groups is 1. The Morgan fingerprint density at radius 1 is 1.00 bits per heavy atom. The first kappa shape index (κ1) is 17.3. The number of thioether (sulfide) groups is 1. The van der Waals surface area contributed by atoms with Crippen molar-refractivity contribution in [2.75, 3.05) is 5.75 Å². The average Bonchev–Trinajstić information content (AvgIpc) is 2.51. The Morgan fingerprint density at radius 2 is 1.61 bits per heavy atom. The highest BCUT2D eigenvalue weighted by Crippen LogP contribution is 2.21. The molecular weight excluding hydrogens is 330 g/mol. The zero-order valence-electron chi connectivity index (χ0n) is 12.1. The summed E-state index contributed by atoms with van der Waals surface area (Å²) in [5, 5.41) is 2.62. The van der Waals surface area contributed by atoms with E-state index >= 15 is 0 Å². The van der Waals surface area contributed by atoms with Gasteiger partial charge in [0.1, 0.15) is 0 Å². The first-order chi connectivity index (χ1) is 10.9. The van der Waals surface area contributed by atoms with Gasteiger partial charge < -0.3 is 5.32 Å². The Kier molecular flexibility index (Phi) is 5.65. The molecule has 122 valence electrons. The normalized spacial score (nSPS) is 12.0. The monoisotopic (exact) mass is 343 g/mol. The van der Waals surface area contributed by atoms with E-state index in [-0.39, 0.29) is 11.7 Å². The van der Waals surface area contributed by atoms with Crippen LogP contribution in [0, 0.1) is 23.3 Å². The first-order valence-corrected chi connectivity index (χ1v) is 7.67. The predicted molar refractivity (Wildman–Crippen MR) is 80.0 cm³/mol. The third kappa shape index (κ3) is 4.72. The number of halogens is 4. The maximum absolute atomic E-state index is 13.2. The molecule has 0 aliphatic rings. The van der Waals surface area contributed by atoms with Crippen LogP contribution in [0.1, 0.15) is 18.5 Å². The number of carbonyl (C=O) groups excluding carboxylic acids is 1. The van der Waals surface area contributed by atoms with Gasteiger partial charge in [-0.25, -0.2) is 17.6 Å². The third-order valence-corrected chi connectivity index (χ3v) is 4.08. The summed E-state index contributed by atoms with van der Waals surface area (Å²) in [6, 6.07) is 6.24. The molecule has 2 rings (SSSR count). The topological polar surface area (TPSA) is 29.1 Å². The van der Waals surface area contributed by atoms with Crippen LogP contribution in [0.5, 0.6) is 0 Å². The number of rotatable bonds is 5. The minimum atomic E-state index is -0.986. The number of amides is 1. The van der Waals surface area contributed by atoms with Crippen molar-refractivity contribution in [1.82, 2.24) is 5.32 Å². The lowest BCUT2D eigenvalue weighted by Gasteiger charge is -2.14. The second kappa shape index (κ2) is 7.50. The highest BCUT2D eigenvalue weighted by atomic mass is 32.2. The van der Waals surface area contributed by atoms with Crippen LogP contribution in [0.4, 0.5) is 17.6 Å². The fourth-order valence-electron chi connectivity index (χ4n) is 1.86. The molecule has 0 bridgehead atoms. The zero-order valence-corrected chi connectivity index (χ0v) is 12.9. The van der Waals surface area contributed by atoms with Crippen molar-refractivity contribution in [1.29, 1.82) is 0 Å². The Labute approximate surface area is 134 Å². The fourth-order valence-corrected chi connectivity index (χ4v) is 2.60. The lowest BCUT2D eigenvalue weighted by molar-refractivity contribution is -0.119. The van der Waals surface area contributed by atoms with Gasteiger partial charge in [0, 0.05) is 4.90 Å². The van der Waals surface area contributed by atoms with Crippen molar-refractivity contribution in [3.05, 3.63) is 65.2 Å². The number of hydrogen-bond donors (Lipinski definition) is 1. The standard InChI is InChI=1S/C16H13F4NOS/c1-9(10-2-4-12(17)14(19)6-10)21-16(22)8-23-11-3-5-13(18)15(20)7-11/h2-7,9H,8H2,1H3,(H,21,22). The van der Waals surface area contributed by atoms with Crippen LogP contribution >= 0.6 is 11.8 Å². The Balaban J connectivity index is 1.90. The van der Waals surface area contributed by atoms with Crippen LogP contribution in [0.15, 0.2) is 41.3 Å². The van der Waals surface area contributed by atoms with Gasteiger partial charge in [0.15, 0.2) is 23.3 Å². The Hall–Kier alpha value is -2.02. The molecule has 0 fully saturated rings. The van der Waals surface area contributed by atoms with Crippen molar-refractivity contribution >= 4 is 17.7 Å². The van der Waals surface area contributed by atoms with E-state index in [0.717, 1.165) is 36.0 Å². The second-order valence-corrected chi connectivity index (χ2v) is 5.88. The summed E-state index contributed by atoms with van der Waals surface area (Å²) < 4.78 is 51.9. The fraction of sp³-hybridized carbons (Fsp3) is 0.188. The van der Waals surface area contributed by atoms with Gasteiger partial charge in [-0.05, 0) is 42.8 Å².